The number of esters is 1. The van der Waals surface area contributed by atoms with Gasteiger partial charge in [-0.25, -0.2) is 4.79 Å². The predicted molar refractivity (Wildman–Crippen MR) is 93.2 cm³/mol. The van der Waals surface area contributed by atoms with E-state index in [2.05, 4.69) is 0 Å². The van der Waals surface area contributed by atoms with Gasteiger partial charge in [0.05, 0.1) is 0 Å². The number of fused-ring (bicyclic) bond motifs is 1. The Morgan fingerprint density at radius 3 is 2.72 bits per heavy atom. The fourth-order valence-electron chi connectivity index (χ4n) is 3.15. The van der Waals surface area contributed by atoms with Gasteiger partial charge in [0.15, 0.2) is 6.10 Å². The summed E-state index contributed by atoms with van der Waals surface area (Å²) < 4.78 is 11.0. The first-order chi connectivity index (χ1) is 12.1. The van der Waals surface area contributed by atoms with Crippen molar-refractivity contribution in [2.45, 2.75) is 25.4 Å². The smallest absolute Gasteiger partial charge is 0.353 e. The van der Waals surface area contributed by atoms with Crippen LogP contribution < -0.4 is 14.4 Å². The molecular formula is C19H16ClNO4. The first-order valence-electron chi connectivity index (χ1n) is 8.17. The molecule has 0 aliphatic carbocycles. The fraction of sp³-hybridized carbons (Fsp3) is 0.263. The lowest BCUT2D eigenvalue weighted by Gasteiger charge is -2.16. The topological polar surface area (TPSA) is 55.8 Å². The SMILES string of the molecule is O=C(Oc1ccc(N2CCCC2=O)cc1)C1Cc2cc(Cl)ccc2O1. The third-order valence-corrected chi connectivity index (χ3v) is 4.64. The van der Waals surface area contributed by atoms with E-state index in [0.29, 0.717) is 29.4 Å². The lowest BCUT2D eigenvalue weighted by Crippen LogP contribution is -2.29. The molecule has 2 aliphatic rings. The van der Waals surface area contributed by atoms with Crippen LogP contribution in [0.3, 0.4) is 0 Å². The van der Waals surface area contributed by atoms with Crippen molar-refractivity contribution < 1.29 is 19.1 Å². The van der Waals surface area contributed by atoms with Crippen LogP contribution in [0.4, 0.5) is 5.69 Å². The quantitative estimate of drug-likeness (QED) is 0.624. The van der Waals surface area contributed by atoms with Gasteiger partial charge < -0.3 is 14.4 Å². The molecule has 1 atom stereocenters. The summed E-state index contributed by atoms with van der Waals surface area (Å²) in [5, 5.41) is 0.614. The van der Waals surface area contributed by atoms with E-state index in [-0.39, 0.29) is 5.91 Å². The molecule has 5 nitrogen and oxygen atoms in total. The maximum Gasteiger partial charge on any atom is 0.353 e. The Balaban J connectivity index is 1.41. The average Bonchev–Trinajstić information content (AvgIpc) is 3.21. The van der Waals surface area contributed by atoms with Gasteiger partial charge in [-0.2, -0.15) is 0 Å². The summed E-state index contributed by atoms with van der Waals surface area (Å²) in [4.78, 5) is 25.8. The van der Waals surface area contributed by atoms with Gasteiger partial charge in [0.2, 0.25) is 5.91 Å². The van der Waals surface area contributed by atoms with Crippen LogP contribution in [0, 0.1) is 0 Å². The number of ether oxygens (including phenoxy) is 2. The molecule has 0 bridgehead atoms. The van der Waals surface area contributed by atoms with Crippen LogP contribution in [0.25, 0.3) is 0 Å². The van der Waals surface area contributed by atoms with E-state index in [1.807, 2.05) is 0 Å². The molecule has 2 aliphatic heterocycles. The van der Waals surface area contributed by atoms with Crippen LogP contribution in [0.1, 0.15) is 18.4 Å². The number of carbonyl (C=O) groups excluding carboxylic acids is 2. The van der Waals surface area contributed by atoms with E-state index in [1.165, 1.54) is 0 Å². The van der Waals surface area contributed by atoms with E-state index < -0.39 is 12.1 Å². The summed E-state index contributed by atoms with van der Waals surface area (Å²) in [7, 11) is 0. The lowest BCUT2D eigenvalue weighted by molar-refractivity contribution is -0.141. The average molecular weight is 358 g/mol. The number of halogens is 1. The zero-order valence-electron chi connectivity index (χ0n) is 13.4. The zero-order chi connectivity index (χ0) is 17.4. The Hall–Kier alpha value is -2.53. The minimum atomic E-state index is -0.673. The van der Waals surface area contributed by atoms with Crippen molar-refractivity contribution >= 4 is 29.2 Å². The lowest BCUT2D eigenvalue weighted by atomic mass is 10.1. The molecule has 128 valence electrons. The highest BCUT2D eigenvalue weighted by molar-refractivity contribution is 6.30. The van der Waals surface area contributed by atoms with Gasteiger partial charge in [0.25, 0.3) is 0 Å². The number of hydrogen-bond acceptors (Lipinski definition) is 4. The number of amides is 1. The van der Waals surface area contributed by atoms with E-state index in [4.69, 9.17) is 21.1 Å². The number of nitrogens with zero attached hydrogens (tertiary/aromatic N) is 1. The van der Waals surface area contributed by atoms with Gasteiger partial charge in [0, 0.05) is 30.1 Å². The number of carbonyl (C=O) groups is 2. The van der Waals surface area contributed by atoms with Crippen LogP contribution in [0.2, 0.25) is 5.02 Å². The molecule has 2 aromatic carbocycles. The number of rotatable bonds is 3. The summed E-state index contributed by atoms with van der Waals surface area (Å²) in [5.41, 5.74) is 1.72. The third-order valence-electron chi connectivity index (χ3n) is 4.40. The Morgan fingerprint density at radius 2 is 2.00 bits per heavy atom. The first kappa shape index (κ1) is 16.0. The molecule has 1 amide bonds. The molecule has 2 heterocycles. The van der Waals surface area contributed by atoms with E-state index in [9.17, 15) is 9.59 Å². The Bertz CT molecular complexity index is 834. The number of anilines is 1. The molecule has 1 fully saturated rings. The van der Waals surface area contributed by atoms with E-state index >= 15 is 0 Å². The standard InChI is InChI=1S/C19H16ClNO4/c20-13-3-8-16-12(10-13)11-17(25-16)19(23)24-15-6-4-14(5-7-15)21-9-1-2-18(21)22/h3-8,10,17H,1-2,9,11H2. The van der Waals surface area contributed by atoms with E-state index in [1.54, 1.807) is 47.4 Å². The van der Waals surface area contributed by atoms with Crippen LogP contribution >= 0.6 is 11.6 Å². The molecule has 1 unspecified atom stereocenters. The molecule has 0 spiro atoms. The van der Waals surface area contributed by atoms with Gasteiger partial charge >= 0.3 is 5.97 Å². The summed E-state index contributed by atoms with van der Waals surface area (Å²) in [6.07, 6.45) is 1.22. The van der Waals surface area contributed by atoms with Gasteiger partial charge in [-0.05, 0) is 54.4 Å². The molecule has 0 N–H and O–H groups in total. The minimum Gasteiger partial charge on any atom is -0.478 e. The van der Waals surface area contributed by atoms with Gasteiger partial charge in [-0.15, -0.1) is 0 Å². The van der Waals surface area contributed by atoms with Crippen molar-refractivity contribution in [1.82, 2.24) is 0 Å². The second-order valence-corrected chi connectivity index (χ2v) is 6.56. The molecule has 4 rings (SSSR count). The predicted octanol–water partition coefficient (Wildman–Crippen LogP) is 3.38. The number of benzene rings is 2. The van der Waals surface area contributed by atoms with Crippen LogP contribution in [0.5, 0.6) is 11.5 Å². The highest BCUT2D eigenvalue weighted by atomic mass is 35.5. The van der Waals surface area contributed by atoms with Crippen molar-refractivity contribution in [1.29, 1.82) is 0 Å². The normalized spacial score (nSPS) is 18.8. The Labute approximate surface area is 150 Å². The van der Waals surface area contributed by atoms with E-state index in [0.717, 1.165) is 24.2 Å². The van der Waals surface area contributed by atoms with Gasteiger partial charge in [0.1, 0.15) is 11.5 Å². The summed E-state index contributed by atoms with van der Waals surface area (Å²) >= 11 is 5.96. The molecular weight excluding hydrogens is 342 g/mol. The maximum absolute atomic E-state index is 12.3. The summed E-state index contributed by atoms with van der Waals surface area (Å²) in [6, 6.07) is 12.2. The van der Waals surface area contributed by atoms with Crippen molar-refractivity contribution in [3.63, 3.8) is 0 Å². The molecule has 1 saturated heterocycles. The van der Waals surface area contributed by atoms with Crippen molar-refractivity contribution in [2.24, 2.45) is 0 Å². The molecule has 6 heteroatoms. The highest BCUT2D eigenvalue weighted by Gasteiger charge is 2.31. The van der Waals surface area contributed by atoms with Crippen molar-refractivity contribution in [3.05, 3.63) is 53.1 Å². The second-order valence-electron chi connectivity index (χ2n) is 6.13. The van der Waals surface area contributed by atoms with Crippen LogP contribution in [-0.2, 0) is 16.0 Å². The largest absolute Gasteiger partial charge is 0.478 e. The number of hydrogen-bond donors (Lipinski definition) is 0. The van der Waals surface area contributed by atoms with Gasteiger partial charge in [-0.3, -0.25) is 4.79 Å². The fourth-order valence-corrected chi connectivity index (χ4v) is 3.34. The van der Waals surface area contributed by atoms with Crippen LogP contribution in [-0.4, -0.2) is 24.5 Å². The zero-order valence-corrected chi connectivity index (χ0v) is 14.2. The van der Waals surface area contributed by atoms with Crippen molar-refractivity contribution in [3.8, 4) is 11.5 Å². The maximum atomic E-state index is 12.3. The molecule has 25 heavy (non-hydrogen) atoms. The minimum absolute atomic E-state index is 0.125. The Morgan fingerprint density at radius 1 is 1.20 bits per heavy atom. The molecule has 0 radical (unpaired) electrons. The van der Waals surface area contributed by atoms with Crippen LogP contribution in [0.15, 0.2) is 42.5 Å². The molecule has 2 aromatic rings. The third kappa shape index (κ3) is 3.20. The molecule has 0 saturated carbocycles. The van der Waals surface area contributed by atoms with Gasteiger partial charge in [-0.1, -0.05) is 11.6 Å². The first-order valence-corrected chi connectivity index (χ1v) is 8.55. The molecule has 0 aromatic heterocycles. The monoisotopic (exact) mass is 357 g/mol. The summed E-state index contributed by atoms with van der Waals surface area (Å²) in [5.74, 6) is 0.769. The second kappa shape index (κ2) is 6.41. The summed E-state index contributed by atoms with van der Waals surface area (Å²) in [6.45, 7) is 0.731. The highest BCUT2D eigenvalue weighted by Crippen LogP contribution is 2.32. The Kier molecular flexibility index (Phi) is 4.09. The van der Waals surface area contributed by atoms with Crippen molar-refractivity contribution in [2.75, 3.05) is 11.4 Å².